The van der Waals surface area contributed by atoms with Gasteiger partial charge in [0.15, 0.2) is 23.2 Å². The standard InChI is InChI=1S/C12H16ClN5O4/c1-17(2)9-6-10(16-12(13)15-9)18(4-14-6)11-8(21)7(20)5(19)3-22-11/h4-5,7-8,11,19-21H,3H2,1-2H3. The fourth-order valence-electron chi connectivity index (χ4n) is 2.41. The minimum Gasteiger partial charge on any atom is -0.388 e. The maximum Gasteiger partial charge on any atom is 0.226 e. The summed E-state index contributed by atoms with van der Waals surface area (Å²) in [6.07, 6.45) is -3.28. The van der Waals surface area contributed by atoms with Gasteiger partial charge in [-0.2, -0.15) is 9.97 Å². The highest BCUT2D eigenvalue weighted by atomic mass is 35.5. The number of aliphatic hydroxyl groups excluding tert-OH is 3. The summed E-state index contributed by atoms with van der Waals surface area (Å²) < 4.78 is 6.88. The van der Waals surface area contributed by atoms with Crippen LogP contribution in [0, 0.1) is 0 Å². The zero-order chi connectivity index (χ0) is 16.0. The molecule has 9 nitrogen and oxygen atoms in total. The van der Waals surface area contributed by atoms with Crippen LogP contribution in [0.3, 0.4) is 0 Å². The Hall–Kier alpha value is -1.52. The summed E-state index contributed by atoms with van der Waals surface area (Å²) in [5.74, 6) is 0.527. The number of imidazole rings is 1. The van der Waals surface area contributed by atoms with E-state index in [4.69, 9.17) is 16.3 Å². The highest BCUT2D eigenvalue weighted by Gasteiger charge is 2.39. The first kappa shape index (κ1) is 15.4. The summed E-state index contributed by atoms with van der Waals surface area (Å²) in [6, 6.07) is 0. The Balaban J connectivity index is 2.09. The van der Waals surface area contributed by atoms with Gasteiger partial charge >= 0.3 is 0 Å². The van der Waals surface area contributed by atoms with Gasteiger partial charge in [-0.15, -0.1) is 0 Å². The summed E-state index contributed by atoms with van der Waals surface area (Å²) in [4.78, 5) is 14.2. The van der Waals surface area contributed by atoms with Crippen LogP contribution in [0.4, 0.5) is 5.82 Å². The van der Waals surface area contributed by atoms with Crippen LogP contribution in [0.25, 0.3) is 11.2 Å². The average Bonchev–Trinajstić information content (AvgIpc) is 2.87. The molecule has 0 saturated carbocycles. The SMILES string of the molecule is CN(C)c1nc(Cl)nc2c1ncn2C1OCC(O)C(O)C1O. The summed E-state index contributed by atoms with van der Waals surface area (Å²) in [6.45, 7) is -0.109. The van der Waals surface area contributed by atoms with Gasteiger partial charge in [0.25, 0.3) is 0 Å². The molecule has 0 aromatic carbocycles. The number of aromatic nitrogens is 4. The third-order valence-electron chi connectivity index (χ3n) is 3.55. The van der Waals surface area contributed by atoms with Crippen molar-refractivity contribution in [2.24, 2.45) is 0 Å². The molecule has 0 spiro atoms. The van der Waals surface area contributed by atoms with Crippen LogP contribution in [0.1, 0.15) is 6.23 Å². The molecular formula is C12H16ClN5O4. The van der Waals surface area contributed by atoms with Crippen LogP contribution in [0.2, 0.25) is 5.28 Å². The molecule has 2 aromatic rings. The van der Waals surface area contributed by atoms with Gasteiger partial charge in [-0.25, -0.2) is 4.98 Å². The van der Waals surface area contributed by atoms with Crippen LogP contribution in [-0.2, 0) is 4.74 Å². The number of nitrogens with zero attached hydrogens (tertiary/aromatic N) is 5. The monoisotopic (exact) mass is 329 g/mol. The molecule has 1 fully saturated rings. The second-order valence-electron chi connectivity index (χ2n) is 5.31. The number of fused-ring (bicyclic) bond motifs is 1. The summed E-state index contributed by atoms with van der Waals surface area (Å²) >= 11 is 5.94. The van der Waals surface area contributed by atoms with E-state index in [1.54, 1.807) is 19.0 Å². The van der Waals surface area contributed by atoms with Crippen molar-refractivity contribution >= 4 is 28.6 Å². The van der Waals surface area contributed by atoms with Crippen molar-refractivity contribution in [2.75, 3.05) is 25.6 Å². The molecular weight excluding hydrogens is 314 g/mol. The van der Waals surface area contributed by atoms with E-state index in [0.717, 1.165) is 0 Å². The van der Waals surface area contributed by atoms with Crippen LogP contribution < -0.4 is 4.90 Å². The van der Waals surface area contributed by atoms with Crippen molar-refractivity contribution in [1.82, 2.24) is 19.5 Å². The zero-order valence-corrected chi connectivity index (χ0v) is 12.7. The second kappa shape index (κ2) is 5.60. The predicted molar refractivity (Wildman–Crippen MR) is 77.7 cm³/mol. The number of aliphatic hydroxyl groups is 3. The number of halogens is 1. The molecule has 0 radical (unpaired) electrons. The Labute approximate surface area is 130 Å². The van der Waals surface area contributed by atoms with Crippen LogP contribution in [-0.4, -0.2) is 73.9 Å². The van der Waals surface area contributed by atoms with Gasteiger partial charge in [-0.1, -0.05) is 0 Å². The molecule has 1 aliphatic rings. The van der Waals surface area contributed by atoms with Gasteiger partial charge in [-0.05, 0) is 11.6 Å². The third kappa shape index (κ3) is 2.40. The molecule has 0 aliphatic carbocycles. The average molecular weight is 330 g/mol. The van der Waals surface area contributed by atoms with Crippen molar-refractivity contribution in [3.8, 4) is 0 Å². The third-order valence-corrected chi connectivity index (χ3v) is 3.72. The molecule has 1 saturated heterocycles. The van der Waals surface area contributed by atoms with Gasteiger partial charge in [0.2, 0.25) is 5.28 Å². The van der Waals surface area contributed by atoms with Crippen LogP contribution in [0.5, 0.6) is 0 Å². The number of hydrogen-bond acceptors (Lipinski definition) is 8. The molecule has 3 N–H and O–H groups in total. The Kier molecular flexibility index (Phi) is 3.91. The van der Waals surface area contributed by atoms with E-state index >= 15 is 0 Å². The quantitative estimate of drug-likeness (QED) is 0.610. The topological polar surface area (TPSA) is 117 Å². The van der Waals surface area contributed by atoms with E-state index in [-0.39, 0.29) is 11.9 Å². The maximum absolute atomic E-state index is 10.1. The van der Waals surface area contributed by atoms with Gasteiger partial charge in [-0.3, -0.25) is 4.57 Å². The fraction of sp³-hybridized carbons (Fsp3) is 0.583. The largest absolute Gasteiger partial charge is 0.388 e. The van der Waals surface area contributed by atoms with Gasteiger partial charge in [0, 0.05) is 14.1 Å². The molecule has 1 aliphatic heterocycles. The molecule has 3 heterocycles. The molecule has 4 unspecified atom stereocenters. The summed E-state index contributed by atoms with van der Waals surface area (Å²) in [5, 5.41) is 29.5. The van der Waals surface area contributed by atoms with Crippen molar-refractivity contribution in [3.63, 3.8) is 0 Å². The zero-order valence-electron chi connectivity index (χ0n) is 12.0. The first-order valence-corrected chi connectivity index (χ1v) is 7.01. The maximum atomic E-state index is 10.1. The lowest BCUT2D eigenvalue weighted by Crippen LogP contribution is -2.50. The minimum absolute atomic E-state index is 0.0313. The van der Waals surface area contributed by atoms with Crippen molar-refractivity contribution in [1.29, 1.82) is 0 Å². The lowest BCUT2D eigenvalue weighted by atomic mass is 10.0. The van der Waals surface area contributed by atoms with Gasteiger partial charge in [0.05, 0.1) is 12.9 Å². The Morgan fingerprint density at radius 1 is 1.27 bits per heavy atom. The Morgan fingerprint density at radius 2 is 2.00 bits per heavy atom. The lowest BCUT2D eigenvalue weighted by Gasteiger charge is -2.35. The molecule has 3 rings (SSSR count). The van der Waals surface area contributed by atoms with E-state index in [1.807, 2.05) is 0 Å². The van der Waals surface area contributed by atoms with E-state index in [9.17, 15) is 15.3 Å². The van der Waals surface area contributed by atoms with Crippen LogP contribution in [0.15, 0.2) is 6.33 Å². The highest BCUT2D eigenvalue weighted by Crippen LogP contribution is 2.29. The van der Waals surface area contributed by atoms with Crippen LogP contribution >= 0.6 is 11.6 Å². The first-order chi connectivity index (χ1) is 10.4. The number of hydrogen-bond donors (Lipinski definition) is 3. The molecule has 120 valence electrons. The lowest BCUT2D eigenvalue weighted by molar-refractivity contribution is -0.210. The molecule has 0 bridgehead atoms. The van der Waals surface area contributed by atoms with E-state index in [1.165, 1.54) is 10.9 Å². The van der Waals surface area contributed by atoms with Gasteiger partial charge in [0.1, 0.15) is 18.3 Å². The van der Waals surface area contributed by atoms with Crippen molar-refractivity contribution in [3.05, 3.63) is 11.6 Å². The minimum atomic E-state index is -1.32. The molecule has 10 heteroatoms. The molecule has 22 heavy (non-hydrogen) atoms. The number of anilines is 1. The second-order valence-corrected chi connectivity index (χ2v) is 5.65. The molecule has 2 aromatic heterocycles. The van der Waals surface area contributed by atoms with E-state index < -0.39 is 24.5 Å². The van der Waals surface area contributed by atoms with Crippen molar-refractivity contribution in [2.45, 2.75) is 24.5 Å². The normalized spacial score (nSPS) is 29.0. The first-order valence-electron chi connectivity index (χ1n) is 6.63. The number of ether oxygens (including phenoxy) is 1. The van der Waals surface area contributed by atoms with Gasteiger partial charge < -0.3 is 25.0 Å². The van der Waals surface area contributed by atoms with Crippen molar-refractivity contribution < 1.29 is 20.1 Å². The Morgan fingerprint density at radius 3 is 2.68 bits per heavy atom. The smallest absolute Gasteiger partial charge is 0.226 e. The highest BCUT2D eigenvalue weighted by molar-refractivity contribution is 6.28. The van der Waals surface area contributed by atoms with E-state index in [0.29, 0.717) is 17.0 Å². The molecule has 4 atom stereocenters. The predicted octanol–water partition coefficient (Wildman–Crippen LogP) is -0.843. The molecule has 0 amide bonds. The summed E-state index contributed by atoms with van der Waals surface area (Å²) in [7, 11) is 3.59. The number of rotatable bonds is 2. The van der Waals surface area contributed by atoms with E-state index in [2.05, 4.69) is 15.0 Å². The fourth-order valence-corrected chi connectivity index (χ4v) is 2.57. The Bertz CT molecular complexity index is 693. The summed E-state index contributed by atoms with van der Waals surface area (Å²) in [5.41, 5.74) is 0.863.